The van der Waals surface area contributed by atoms with Crippen LogP contribution in [0.2, 0.25) is 0 Å². The summed E-state index contributed by atoms with van der Waals surface area (Å²) in [4.78, 5) is 86.2. The standard InChI is InChI=1S/C36H51N9O7/c1-6-11-24-23(20-39-25(24)7-2)18-28-36(52)44(5)32(22(3)4)35(51)42-26(12-8-9-16-45-17-15-38-29(45)13-10-14-37)33(49)40-21-30(46)41-27(19-31(47)48)34(50)43-28/h6-7,10-11,13-15,17,20,22,26-28,32,38-39H,2,8-9,12,16,18-19,21,37H2,1,3-5H3,(H,40,49)(H,41,46)(H,42,51)(H,43,50)(H,47,48)/b11-6-,14-10-,29-13+. The first-order valence-corrected chi connectivity index (χ1v) is 17.2. The number of carboxylic acid groups (broad SMARTS) is 1. The van der Waals surface area contributed by atoms with E-state index in [4.69, 9.17) is 5.73 Å². The maximum Gasteiger partial charge on any atom is 0.305 e. The normalized spacial score (nSPS) is 23.0. The largest absolute Gasteiger partial charge is 0.481 e. The van der Waals surface area contributed by atoms with E-state index in [2.05, 4.69) is 38.1 Å². The van der Waals surface area contributed by atoms with Crippen LogP contribution < -0.4 is 32.3 Å². The van der Waals surface area contributed by atoms with Crippen LogP contribution in [0.1, 0.15) is 63.3 Å². The molecule has 0 saturated carbocycles. The molecule has 1 fully saturated rings. The Hall–Kier alpha value is -5.80. The van der Waals surface area contributed by atoms with Crippen molar-refractivity contribution in [2.75, 3.05) is 20.1 Å². The number of nitrogens with zero attached hydrogens (tertiary/aromatic N) is 2. The number of carboxylic acids is 1. The zero-order chi connectivity index (χ0) is 38.4. The zero-order valence-corrected chi connectivity index (χ0v) is 30.1. The second kappa shape index (κ2) is 19.6. The fourth-order valence-electron chi connectivity index (χ4n) is 6.13. The molecule has 16 heteroatoms. The molecule has 282 valence electrons. The molecule has 1 saturated heterocycles. The third-order valence-electron chi connectivity index (χ3n) is 8.67. The van der Waals surface area contributed by atoms with Gasteiger partial charge in [0.2, 0.25) is 29.5 Å². The van der Waals surface area contributed by atoms with Gasteiger partial charge in [0.1, 0.15) is 30.0 Å². The number of aromatic amines is 1. The summed E-state index contributed by atoms with van der Waals surface area (Å²) in [6, 6.07) is -4.96. The third-order valence-corrected chi connectivity index (χ3v) is 8.67. The summed E-state index contributed by atoms with van der Waals surface area (Å²) >= 11 is 0. The Morgan fingerprint density at radius 1 is 1.06 bits per heavy atom. The number of unbranched alkanes of at least 4 members (excludes halogenated alkanes) is 1. The number of amides is 5. The Labute approximate surface area is 303 Å². The minimum absolute atomic E-state index is 0.0388. The van der Waals surface area contributed by atoms with Gasteiger partial charge in [-0.25, -0.2) is 0 Å². The van der Waals surface area contributed by atoms with E-state index in [0.717, 1.165) is 11.4 Å². The van der Waals surface area contributed by atoms with Gasteiger partial charge >= 0.3 is 5.97 Å². The molecule has 1 aromatic heterocycles. The molecule has 9 N–H and O–H groups in total. The molecule has 2 aliphatic rings. The lowest BCUT2D eigenvalue weighted by molar-refractivity contribution is -0.144. The van der Waals surface area contributed by atoms with Gasteiger partial charge in [0, 0.05) is 49.9 Å². The fraction of sp³-hybridized carbons (Fsp3) is 0.444. The maximum atomic E-state index is 14.3. The van der Waals surface area contributed by atoms with Crippen LogP contribution in [0.15, 0.2) is 55.4 Å². The molecule has 4 atom stereocenters. The van der Waals surface area contributed by atoms with Crippen molar-refractivity contribution in [3.05, 3.63) is 72.2 Å². The lowest BCUT2D eigenvalue weighted by Gasteiger charge is -2.34. The highest BCUT2D eigenvalue weighted by Crippen LogP contribution is 2.21. The lowest BCUT2D eigenvalue weighted by Crippen LogP contribution is -2.59. The number of carbonyl (C=O) groups excluding carboxylic acids is 5. The van der Waals surface area contributed by atoms with E-state index < -0.39 is 78.6 Å². The van der Waals surface area contributed by atoms with Crippen molar-refractivity contribution in [2.24, 2.45) is 11.7 Å². The molecule has 1 aromatic rings. The second-order valence-electron chi connectivity index (χ2n) is 12.8. The Balaban J connectivity index is 1.95. The number of nitrogens with one attached hydrogen (secondary N) is 6. The second-order valence-corrected chi connectivity index (χ2v) is 12.8. The summed E-state index contributed by atoms with van der Waals surface area (Å²) in [5.74, 6) is -4.58. The summed E-state index contributed by atoms with van der Waals surface area (Å²) in [6.07, 6.45) is 16.0. The predicted octanol–water partition coefficient (Wildman–Crippen LogP) is 0.636. The Morgan fingerprint density at radius 2 is 1.79 bits per heavy atom. The first kappa shape index (κ1) is 40.6. The van der Waals surface area contributed by atoms with Gasteiger partial charge in [-0.1, -0.05) is 32.6 Å². The molecule has 52 heavy (non-hydrogen) atoms. The van der Waals surface area contributed by atoms with Gasteiger partial charge in [-0.3, -0.25) is 28.8 Å². The Bertz CT molecular complexity index is 1610. The number of allylic oxidation sites excluding steroid dienone is 3. The maximum absolute atomic E-state index is 14.3. The summed E-state index contributed by atoms with van der Waals surface area (Å²) in [5.41, 5.74) is 7.52. The van der Waals surface area contributed by atoms with E-state index in [0.29, 0.717) is 30.6 Å². The van der Waals surface area contributed by atoms with E-state index in [1.807, 2.05) is 36.3 Å². The minimum atomic E-state index is -1.57. The molecule has 0 aromatic carbocycles. The van der Waals surface area contributed by atoms with Crippen LogP contribution in [-0.2, 0) is 35.2 Å². The Kier molecular flexibility index (Phi) is 15.3. The average molecular weight is 722 g/mol. The highest BCUT2D eigenvalue weighted by atomic mass is 16.4. The monoisotopic (exact) mass is 721 g/mol. The van der Waals surface area contributed by atoms with Crippen LogP contribution in [0.3, 0.4) is 0 Å². The first-order chi connectivity index (χ1) is 24.8. The molecule has 16 nitrogen and oxygen atoms in total. The van der Waals surface area contributed by atoms with E-state index in [1.165, 1.54) is 18.1 Å². The van der Waals surface area contributed by atoms with Crippen molar-refractivity contribution in [3.8, 4) is 0 Å². The number of hydrogen-bond donors (Lipinski definition) is 8. The molecule has 3 heterocycles. The van der Waals surface area contributed by atoms with Crippen LogP contribution in [0.4, 0.5) is 0 Å². The number of nitrogens with two attached hydrogens (primary N) is 1. The summed E-state index contributed by atoms with van der Waals surface area (Å²) < 4.78 is 0. The predicted molar refractivity (Wildman–Crippen MR) is 196 cm³/mol. The number of aliphatic carboxylic acids is 1. The van der Waals surface area contributed by atoms with Gasteiger partial charge in [0.25, 0.3) is 0 Å². The van der Waals surface area contributed by atoms with Crippen LogP contribution in [0.5, 0.6) is 0 Å². The van der Waals surface area contributed by atoms with Crippen molar-refractivity contribution in [1.29, 1.82) is 0 Å². The van der Waals surface area contributed by atoms with Gasteiger partial charge in [-0.2, -0.15) is 0 Å². The van der Waals surface area contributed by atoms with Crippen molar-refractivity contribution in [3.63, 3.8) is 0 Å². The van der Waals surface area contributed by atoms with E-state index >= 15 is 0 Å². The van der Waals surface area contributed by atoms with Crippen LogP contribution in [-0.4, -0.2) is 99.7 Å². The molecular weight excluding hydrogens is 670 g/mol. The van der Waals surface area contributed by atoms with Crippen LogP contribution in [0.25, 0.3) is 12.2 Å². The number of hydrogen-bond acceptors (Lipinski definition) is 9. The van der Waals surface area contributed by atoms with Gasteiger partial charge in [0.15, 0.2) is 0 Å². The molecule has 0 spiro atoms. The van der Waals surface area contributed by atoms with Crippen molar-refractivity contribution >= 4 is 47.7 Å². The topological polar surface area (TPSA) is 231 Å². The SMILES string of the molecule is C=Cc1[nH]cc(CC2NC(=O)C(CC(=O)O)NC(=O)CNC(=O)C(CCCCN3C=CN/C3=C\C=C/N)NC(=O)C(C(C)C)N(C)C2=O)c1/C=C\C. The van der Waals surface area contributed by atoms with Crippen LogP contribution >= 0.6 is 0 Å². The number of aromatic nitrogens is 1. The number of likely N-dealkylation sites (N-methyl/N-ethyl adjacent to an activating group) is 1. The molecule has 4 unspecified atom stereocenters. The van der Waals surface area contributed by atoms with E-state index in [9.17, 15) is 33.9 Å². The summed E-state index contributed by atoms with van der Waals surface area (Å²) in [5, 5.41) is 23.0. The molecule has 0 radical (unpaired) electrons. The van der Waals surface area contributed by atoms with Gasteiger partial charge < -0.3 is 52.2 Å². The van der Waals surface area contributed by atoms with Crippen molar-refractivity contribution in [1.82, 2.24) is 41.4 Å². The number of carbonyl (C=O) groups is 6. The molecule has 0 aliphatic carbocycles. The fourth-order valence-corrected chi connectivity index (χ4v) is 6.13. The minimum Gasteiger partial charge on any atom is -0.481 e. The molecular formula is C36H51N9O7. The average Bonchev–Trinajstić information content (AvgIpc) is 3.71. The highest BCUT2D eigenvalue weighted by molar-refractivity contribution is 5.98. The molecule has 5 amide bonds. The molecule has 2 aliphatic heterocycles. The van der Waals surface area contributed by atoms with Gasteiger partial charge in [0.05, 0.1) is 13.0 Å². The molecule has 0 bridgehead atoms. The van der Waals surface area contributed by atoms with E-state index in [1.54, 1.807) is 38.4 Å². The summed E-state index contributed by atoms with van der Waals surface area (Å²) in [7, 11) is 1.44. The van der Waals surface area contributed by atoms with Crippen LogP contribution in [0, 0.1) is 5.92 Å². The Morgan fingerprint density at radius 3 is 2.44 bits per heavy atom. The number of rotatable bonds is 13. The zero-order valence-electron chi connectivity index (χ0n) is 30.1. The van der Waals surface area contributed by atoms with Crippen molar-refractivity contribution in [2.45, 2.75) is 77.0 Å². The number of H-pyrrole nitrogens is 1. The smallest absolute Gasteiger partial charge is 0.305 e. The summed E-state index contributed by atoms with van der Waals surface area (Å²) in [6.45, 7) is 9.17. The first-order valence-electron chi connectivity index (χ1n) is 17.2. The van der Waals surface area contributed by atoms with E-state index in [-0.39, 0.29) is 12.8 Å². The van der Waals surface area contributed by atoms with Gasteiger partial charge in [-0.15, -0.1) is 0 Å². The third kappa shape index (κ3) is 11.1. The quantitative estimate of drug-likeness (QED) is 0.133. The molecule has 3 rings (SSSR count). The van der Waals surface area contributed by atoms with Gasteiger partial charge in [-0.05, 0) is 62.1 Å². The lowest BCUT2D eigenvalue weighted by atomic mass is 9.97. The highest BCUT2D eigenvalue weighted by Gasteiger charge is 2.37. The van der Waals surface area contributed by atoms with Crippen molar-refractivity contribution < 1.29 is 33.9 Å².